The van der Waals surface area contributed by atoms with E-state index in [0.29, 0.717) is 6.07 Å². The summed E-state index contributed by atoms with van der Waals surface area (Å²) in [6.07, 6.45) is 1.29. The number of nitrogen functional groups attached to an aromatic ring is 1. The molecule has 0 aliphatic heterocycles. The number of anilines is 1. The summed E-state index contributed by atoms with van der Waals surface area (Å²) in [5, 5.41) is -0.310. The molecule has 112 valence electrons. The van der Waals surface area contributed by atoms with Crippen molar-refractivity contribution in [3.05, 3.63) is 53.7 Å². The Morgan fingerprint density at radius 1 is 1.24 bits per heavy atom. The molecular formula is C12H12F2N4O2S. The first-order valence-corrected chi connectivity index (χ1v) is 7.27. The zero-order valence-electron chi connectivity index (χ0n) is 10.7. The average Bonchev–Trinajstić information content (AvgIpc) is 2.46. The number of hydrazine groups is 1. The van der Waals surface area contributed by atoms with Crippen LogP contribution in [-0.2, 0) is 16.6 Å². The van der Waals surface area contributed by atoms with Crippen LogP contribution in [0.15, 0.2) is 41.6 Å². The summed E-state index contributed by atoms with van der Waals surface area (Å²) in [5.74, 6) is 3.64. The number of hydrogen-bond acceptors (Lipinski definition) is 5. The summed E-state index contributed by atoms with van der Waals surface area (Å²) in [7, 11) is -3.99. The second kappa shape index (κ2) is 6.12. The molecule has 0 aliphatic rings. The number of hydrogen-bond donors (Lipinski definition) is 3. The van der Waals surface area contributed by atoms with Crippen molar-refractivity contribution in [3.8, 4) is 0 Å². The number of sulfonamides is 1. The first-order valence-electron chi connectivity index (χ1n) is 5.79. The van der Waals surface area contributed by atoms with Crippen molar-refractivity contribution in [2.75, 3.05) is 5.43 Å². The largest absolute Gasteiger partial charge is 0.321 e. The zero-order chi connectivity index (χ0) is 15.5. The molecule has 6 nitrogen and oxygen atoms in total. The van der Waals surface area contributed by atoms with Gasteiger partial charge in [0.2, 0.25) is 0 Å². The van der Waals surface area contributed by atoms with E-state index in [4.69, 9.17) is 5.84 Å². The lowest BCUT2D eigenvalue weighted by molar-refractivity contribution is 0.561. The Morgan fingerprint density at radius 2 is 2.00 bits per heavy atom. The topological polar surface area (TPSA) is 97.1 Å². The van der Waals surface area contributed by atoms with Crippen LogP contribution in [0.25, 0.3) is 0 Å². The summed E-state index contributed by atoms with van der Waals surface area (Å²) in [5.41, 5.74) is 2.33. The fourth-order valence-corrected chi connectivity index (χ4v) is 2.72. The van der Waals surface area contributed by atoms with Crippen LogP contribution in [0.1, 0.15) is 5.56 Å². The van der Waals surface area contributed by atoms with Crippen LogP contribution < -0.4 is 16.0 Å². The number of rotatable bonds is 5. The van der Waals surface area contributed by atoms with Gasteiger partial charge in [0.25, 0.3) is 10.0 Å². The van der Waals surface area contributed by atoms with Gasteiger partial charge in [0.15, 0.2) is 5.03 Å². The second-order valence-electron chi connectivity index (χ2n) is 4.06. The molecule has 0 radical (unpaired) electrons. The number of aromatic nitrogens is 1. The molecule has 0 saturated carbocycles. The van der Waals surface area contributed by atoms with Crippen LogP contribution in [0.2, 0.25) is 0 Å². The van der Waals surface area contributed by atoms with Crippen molar-refractivity contribution < 1.29 is 17.2 Å². The minimum Gasteiger partial charge on any atom is -0.321 e. The Hall–Kier alpha value is -2.10. The zero-order valence-corrected chi connectivity index (χ0v) is 11.5. The number of nitrogens with zero attached hydrogens (tertiary/aromatic N) is 1. The first-order chi connectivity index (χ1) is 9.94. The van der Waals surface area contributed by atoms with Crippen molar-refractivity contribution in [1.29, 1.82) is 0 Å². The minimum absolute atomic E-state index is 0.0122. The highest BCUT2D eigenvalue weighted by Gasteiger charge is 2.20. The third-order valence-electron chi connectivity index (χ3n) is 2.65. The van der Waals surface area contributed by atoms with Crippen molar-refractivity contribution >= 4 is 15.7 Å². The third kappa shape index (κ3) is 3.51. The third-order valence-corrected chi connectivity index (χ3v) is 4.01. The van der Waals surface area contributed by atoms with Gasteiger partial charge in [-0.25, -0.2) is 26.9 Å². The lowest BCUT2D eigenvalue weighted by atomic mass is 10.2. The van der Waals surface area contributed by atoms with Gasteiger partial charge in [0.05, 0.1) is 5.69 Å². The fourth-order valence-electron chi connectivity index (χ4n) is 1.62. The van der Waals surface area contributed by atoms with E-state index in [-0.39, 0.29) is 22.8 Å². The smallest absolute Gasteiger partial charge is 0.260 e. The standard InChI is InChI=1S/C12H12F2N4O2S/c13-9-4-3-8(10(14)6-9)7-17-21(19,20)12-11(18-15)2-1-5-16-12/h1-6,17-18H,7,15H2. The van der Waals surface area contributed by atoms with E-state index in [1.165, 1.54) is 18.3 Å². The monoisotopic (exact) mass is 314 g/mol. The van der Waals surface area contributed by atoms with Gasteiger partial charge in [0, 0.05) is 24.4 Å². The molecule has 0 amide bonds. The van der Waals surface area contributed by atoms with Crippen molar-refractivity contribution in [2.24, 2.45) is 5.84 Å². The van der Waals surface area contributed by atoms with Crippen LogP contribution in [0.4, 0.5) is 14.5 Å². The fraction of sp³-hybridized carbons (Fsp3) is 0.0833. The summed E-state index contributed by atoms with van der Waals surface area (Å²) < 4.78 is 52.6. The Balaban J connectivity index is 2.22. The molecule has 2 rings (SSSR count). The van der Waals surface area contributed by atoms with Crippen LogP contribution in [0, 0.1) is 11.6 Å². The molecule has 0 bridgehead atoms. The summed E-state index contributed by atoms with van der Waals surface area (Å²) in [6, 6.07) is 5.82. The molecule has 4 N–H and O–H groups in total. The van der Waals surface area contributed by atoms with E-state index in [9.17, 15) is 17.2 Å². The van der Waals surface area contributed by atoms with E-state index in [2.05, 4.69) is 15.1 Å². The number of pyridine rings is 1. The van der Waals surface area contributed by atoms with Gasteiger partial charge in [0.1, 0.15) is 11.6 Å². The van der Waals surface area contributed by atoms with Crippen LogP contribution in [0.3, 0.4) is 0 Å². The van der Waals surface area contributed by atoms with E-state index in [1.807, 2.05) is 0 Å². The molecule has 1 aromatic carbocycles. The first kappa shape index (κ1) is 15.3. The molecule has 1 heterocycles. The predicted molar refractivity (Wildman–Crippen MR) is 72.4 cm³/mol. The van der Waals surface area contributed by atoms with Crippen LogP contribution in [0.5, 0.6) is 0 Å². The van der Waals surface area contributed by atoms with E-state index >= 15 is 0 Å². The highest BCUT2D eigenvalue weighted by Crippen LogP contribution is 2.17. The average molecular weight is 314 g/mol. The number of nitrogens with two attached hydrogens (primary N) is 1. The lowest BCUT2D eigenvalue weighted by Gasteiger charge is -2.10. The Labute approximate surface area is 120 Å². The molecule has 0 saturated heterocycles. The maximum atomic E-state index is 13.5. The SMILES string of the molecule is NNc1cccnc1S(=O)(=O)NCc1ccc(F)cc1F. The van der Waals surface area contributed by atoms with Gasteiger partial charge in [-0.1, -0.05) is 6.07 Å². The van der Waals surface area contributed by atoms with Gasteiger partial charge >= 0.3 is 0 Å². The normalized spacial score (nSPS) is 11.4. The molecule has 9 heteroatoms. The predicted octanol–water partition coefficient (Wildman–Crippen LogP) is 1.12. The molecule has 2 aromatic rings. The summed E-state index contributed by atoms with van der Waals surface area (Å²) in [6.45, 7) is -0.338. The summed E-state index contributed by atoms with van der Waals surface area (Å²) in [4.78, 5) is 3.72. The maximum absolute atomic E-state index is 13.5. The quantitative estimate of drug-likeness (QED) is 0.568. The van der Waals surface area contributed by atoms with Gasteiger partial charge in [-0.2, -0.15) is 0 Å². The number of nitrogens with one attached hydrogen (secondary N) is 2. The lowest BCUT2D eigenvalue weighted by Crippen LogP contribution is -2.26. The molecular weight excluding hydrogens is 302 g/mol. The van der Waals surface area contributed by atoms with E-state index in [1.54, 1.807) is 0 Å². The molecule has 0 unspecified atom stereocenters. The summed E-state index contributed by atoms with van der Waals surface area (Å²) >= 11 is 0. The minimum atomic E-state index is -3.99. The van der Waals surface area contributed by atoms with Gasteiger partial charge < -0.3 is 5.43 Å². The molecule has 1 aromatic heterocycles. The van der Waals surface area contributed by atoms with Crippen molar-refractivity contribution in [2.45, 2.75) is 11.6 Å². The number of halogens is 2. The van der Waals surface area contributed by atoms with Crippen molar-refractivity contribution in [3.63, 3.8) is 0 Å². The molecule has 21 heavy (non-hydrogen) atoms. The van der Waals surface area contributed by atoms with Crippen molar-refractivity contribution in [1.82, 2.24) is 9.71 Å². The highest BCUT2D eigenvalue weighted by atomic mass is 32.2. The van der Waals surface area contributed by atoms with Crippen LogP contribution in [-0.4, -0.2) is 13.4 Å². The second-order valence-corrected chi connectivity index (χ2v) is 5.74. The molecule has 0 atom stereocenters. The Morgan fingerprint density at radius 3 is 2.67 bits per heavy atom. The van der Waals surface area contributed by atoms with Gasteiger partial charge in [-0.05, 0) is 18.2 Å². The van der Waals surface area contributed by atoms with E-state index < -0.39 is 21.7 Å². The van der Waals surface area contributed by atoms with Gasteiger partial charge in [-0.3, -0.25) is 5.84 Å². The Bertz CT molecular complexity index is 753. The maximum Gasteiger partial charge on any atom is 0.260 e. The molecule has 0 fully saturated rings. The van der Waals surface area contributed by atoms with Gasteiger partial charge in [-0.15, -0.1) is 0 Å². The Kier molecular flexibility index (Phi) is 4.46. The molecule has 0 aliphatic carbocycles. The van der Waals surface area contributed by atoms with Crippen LogP contribution >= 0.6 is 0 Å². The number of benzene rings is 1. The molecule has 0 spiro atoms. The van der Waals surface area contributed by atoms with E-state index in [0.717, 1.165) is 12.1 Å². The highest BCUT2D eigenvalue weighted by molar-refractivity contribution is 7.89.